The third kappa shape index (κ3) is 6.90. The Bertz CT molecular complexity index is 1180. The van der Waals surface area contributed by atoms with Crippen molar-refractivity contribution in [1.29, 1.82) is 10.5 Å². The number of carbonyl (C=O) groups is 4. The molecule has 0 aliphatic rings. The van der Waals surface area contributed by atoms with Crippen LogP contribution in [-0.2, 0) is 19.1 Å². The molecule has 10 nitrogen and oxygen atoms in total. The van der Waals surface area contributed by atoms with Gasteiger partial charge < -0.3 is 20.1 Å². The number of nitrogens with one attached hydrogen (secondary N) is 2. The fraction of sp³-hybridized carbons (Fsp3) is 0.417. The number of nitriles is 2. The summed E-state index contributed by atoms with van der Waals surface area (Å²) in [6, 6.07) is 3.96. The number of thiophene rings is 2. The number of esters is 2. The average molecular weight is 531 g/mol. The average Bonchev–Trinajstić information content (AvgIpc) is 3.26. The summed E-state index contributed by atoms with van der Waals surface area (Å²) in [5.41, 5.74) is 1.12. The van der Waals surface area contributed by atoms with Crippen LogP contribution in [0, 0.1) is 36.5 Å². The number of anilines is 2. The number of rotatable bonds is 9. The highest BCUT2D eigenvalue weighted by Crippen LogP contribution is 2.34. The molecule has 0 aromatic carbocycles. The molecule has 0 atom stereocenters. The van der Waals surface area contributed by atoms with Crippen molar-refractivity contribution in [3.05, 3.63) is 32.0 Å². The Morgan fingerprint density at radius 1 is 0.750 bits per heavy atom. The van der Waals surface area contributed by atoms with E-state index in [4.69, 9.17) is 9.47 Å². The molecular formula is C24H26N4O6S2. The number of amides is 2. The summed E-state index contributed by atoms with van der Waals surface area (Å²) in [5, 5.41) is 24.5. The molecule has 2 aromatic rings. The van der Waals surface area contributed by atoms with Gasteiger partial charge in [0.1, 0.15) is 31.9 Å². The van der Waals surface area contributed by atoms with E-state index in [1.54, 1.807) is 41.5 Å². The minimum absolute atomic E-state index is 0.155. The highest BCUT2D eigenvalue weighted by atomic mass is 32.1. The summed E-state index contributed by atoms with van der Waals surface area (Å²) in [6.07, 6.45) is -1.11. The van der Waals surface area contributed by atoms with Gasteiger partial charge >= 0.3 is 11.9 Å². The molecule has 0 unspecified atom stereocenters. The van der Waals surface area contributed by atoms with Crippen molar-refractivity contribution in [2.75, 3.05) is 10.6 Å². The minimum atomic E-state index is -0.583. The van der Waals surface area contributed by atoms with E-state index in [1.807, 2.05) is 12.1 Å². The van der Waals surface area contributed by atoms with Gasteiger partial charge in [-0.15, -0.1) is 22.7 Å². The zero-order valence-corrected chi connectivity index (χ0v) is 22.4. The van der Waals surface area contributed by atoms with Crippen LogP contribution in [0.4, 0.5) is 10.0 Å². The molecule has 2 rings (SSSR count). The van der Waals surface area contributed by atoms with Gasteiger partial charge in [0, 0.05) is 12.8 Å². The zero-order valence-electron chi connectivity index (χ0n) is 20.7. The van der Waals surface area contributed by atoms with Crippen molar-refractivity contribution in [3.63, 3.8) is 0 Å². The van der Waals surface area contributed by atoms with Crippen molar-refractivity contribution in [2.45, 2.75) is 66.6 Å². The maximum absolute atomic E-state index is 12.5. The van der Waals surface area contributed by atoms with E-state index < -0.39 is 23.8 Å². The molecule has 0 bridgehead atoms. The molecular weight excluding hydrogens is 504 g/mol. The first-order valence-corrected chi connectivity index (χ1v) is 12.6. The van der Waals surface area contributed by atoms with Crippen molar-refractivity contribution >= 4 is 56.4 Å². The molecule has 0 aliphatic carbocycles. The van der Waals surface area contributed by atoms with E-state index in [0.717, 1.165) is 22.7 Å². The van der Waals surface area contributed by atoms with Gasteiger partial charge in [-0.05, 0) is 52.7 Å². The van der Waals surface area contributed by atoms with Crippen LogP contribution in [0.2, 0.25) is 0 Å². The van der Waals surface area contributed by atoms with Crippen molar-refractivity contribution in [1.82, 2.24) is 0 Å². The van der Waals surface area contributed by atoms with Crippen LogP contribution in [0.3, 0.4) is 0 Å². The van der Waals surface area contributed by atoms with Crippen LogP contribution in [0.1, 0.15) is 82.1 Å². The number of hydrogen-bond acceptors (Lipinski definition) is 10. The number of carbonyl (C=O) groups excluding carboxylic acids is 4. The summed E-state index contributed by atoms with van der Waals surface area (Å²) in [5.74, 6) is -2.23. The third-order valence-electron chi connectivity index (χ3n) is 4.66. The molecule has 0 saturated carbocycles. The lowest BCUT2D eigenvalue weighted by molar-refractivity contribution is -0.121. The quantitative estimate of drug-likeness (QED) is 0.443. The monoisotopic (exact) mass is 530 g/mol. The van der Waals surface area contributed by atoms with Crippen LogP contribution in [-0.4, -0.2) is 36.0 Å². The molecule has 2 amide bonds. The molecule has 190 valence electrons. The Morgan fingerprint density at radius 2 is 1.08 bits per heavy atom. The molecule has 2 aromatic heterocycles. The second-order valence-corrected chi connectivity index (χ2v) is 10.3. The van der Waals surface area contributed by atoms with E-state index in [0.29, 0.717) is 11.1 Å². The molecule has 2 N–H and O–H groups in total. The first-order chi connectivity index (χ1) is 16.9. The van der Waals surface area contributed by atoms with Crippen LogP contribution >= 0.6 is 22.7 Å². The van der Waals surface area contributed by atoms with Gasteiger partial charge in [-0.1, -0.05) is 0 Å². The van der Waals surface area contributed by atoms with Crippen LogP contribution in [0.5, 0.6) is 0 Å². The Hall–Kier alpha value is -3.74. The molecule has 0 spiro atoms. The van der Waals surface area contributed by atoms with Gasteiger partial charge in [0.15, 0.2) is 0 Å². The topological polar surface area (TPSA) is 158 Å². The molecule has 0 radical (unpaired) electrons. The predicted molar refractivity (Wildman–Crippen MR) is 135 cm³/mol. The Kier molecular flexibility index (Phi) is 9.73. The maximum atomic E-state index is 12.5. The standard InChI is InChI=1S/C24H26N4O6S2/c1-11(2)33-23(31)19-13(5)15(9-25)21(35-19)27-17(29)7-8-18(30)28-22-16(10-26)14(6)20(36-22)24(32)34-12(3)4/h11-12H,7-8H2,1-6H3,(H,27,29)(H,28,30). The molecule has 0 fully saturated rings. The van der Waals surface area contributed by atoms with Crippen molar-refractivity contribution in [2.24, 2.45) is 0 Å². The highest BCUT2D eigenvalue weighted by molar-refractivity contribution is 7.19. The summed E-state index contributed by atoms with van der Waals surface area (Å²) >= 11 is 1.87. The van der Waals surface area contributed by atoms with Crippen molar-refractivity contribution in [3.8, 4) is 12.1 Å². The Labute approximate surface area is 216 Å². The van der Waals surface area contributed by atoms with E-state index in [2.05, 4.69) is 10.6 Å². The van der Waals surface area contributed by atoms with Gasteiger partial charge in [-0.3, -0.25) is 9.59 Å². The van der Waals surface area contributed by atoms with Crippen molar-refractivity contribution < 1.29 is 28.7 Å². The normalized spacial score (nSPS) is 10.5. The minimum Gasteiger partial charge on any atom is -0.459 e. The fourth-order valence-electron chi connectivity index (χ4n) is 3.00. The summed E-state index contributed by atoms with van der Waals surface area (Å²) in [4.78, 5) is 49.9. The lowest BCUT2D eigenvalue weighted by Gasteiger charge is -2.06. The molecule has 36 heavy (non-hydrogen) atoms. The second kappa shape index (κ2) is 12.3. The first kappa shape index (κ1) is 28.5. The molecule has 12 heteroatoms. The predicted octanol–water partition coefficient (Wildman–Crippen LogP) is 4.66. The second-order valence-electron chi connectivity index (χ2n) is 8.25. The molecule has 0 aliphatic heterocycles. The number of hydrogen-bond donors (Lipinski definition) is 2. The Morgan fingerprint density at radius 3 is 1.36 bits per heavy atom. The third-order valence-corrected chi connectivity index (χ3v) is 7.03. The molecule has 0 saturated heterocycles. The smallest absolute Gasteiger partial charge is 0.348 e. The highest BCUT2D eigenvalue weighted by Gasteiger charge is 2.25. The summed E-state index contributed by atoms with van der Waals surface area (Å²) in [7, 11) is 0. The number of ether oxygens (including phenoxy) is 2. The van der Waals surface area contributed by atoms with E-state index in [9.17, 15) is 29.7 Å². The van der Waals surface area contributed by atoms with E-state index in [-0.39, 0.29) is 55.9 Å². The van der Waals surface area contributed by atoms with Gasteiger partial charge in [-0.2, -0.15) is 10.5 Å². The lowest BCUT2D eigenvalue weighted by Crippen LogP contribution is -2.17. The largest absolute Gasteiger partial charge is 0.459 e. The SMILES string of the molecule is Cc1c(C(=O)OC(C)C)sc(NC(=O)CCC(=O)Nc2sc(C(=O)OC(C)C)c(C)c2C#N)c1C#N. The number of nitrogens with zero attached hydrogens (tertiary/aromatic N) is 2. The van der Waals surface area contributed by atoms with E-state index in [1.165, 1.54) is 0 Å². The van der Waals surface area contributed by atoms with Gasteiger partial charge in [-0.25, -0.2) is 9.59 Å². The van der Waals surface area contributed by atoms with Gasteiger partial charge in [0.25, 0.3) is 0 Å². The van der Waals surface area contributed by atoms with E-state index >= 15 is 0 Å². The zero-order chi connectivity index (χ0) is 27.2. The van der Waals surface area contributed by atoms with Crippen LogP contribution in [0.25, 0.3) is 0 Å². The molecule has 2 heterocycles. The van der Waals surface area contributed by atoms with Gasteiger partial charge in [0.05, 0.1) is 23.3 Å². The van der Waals surface area contributed by atoms with Crippen LogP contribution in [0.15, 0.2) is 0 Å². The van der Waals surface area contributed by atoms with Crippen LogP contribution < -0.4 is 10.6 Å². The first-order valence-electron chi connectivity index (χ1n) is 11.0. The Balaban J connectivity index is 2.06. The fourth-order valence-corrected chi connectivity index (χ4v) is 5.12. The summed E-state index contributed by atoms with van der Waals surface area (Å²) in [6.45, 7) is 10.0. The maximum Gasteiger partial charge on any atom is 0.348 e. The lowest BCUT2D eigenvalue weighted by atomic mass is 10.1. The van der Waals surface area contributed by atoms with Gasteiger partial charge in [0.2, 0.25) is 11.8 Å². The summed E-state index contributed by atoms with van der Waals surface area (Å²) < 4.78 is 10.4.